The zero-order valence-corrected chi connectivity index (χ0v) is 29.7. The maximum absolute atomic E-state index is 14.3. The van der Waals surface area contributed by atoms with Gasteiger partial charge in [-0.15, -0.1) is 0 Å². The number of methoxy groups -OCH3 is 3. The second kappa shape index (κ2) is 15.2. The van der Waals surface area contributed by atoms with Crippen LogP contribution in [0.2, 0.25) is 0 Å². The van der Waals surface area contributed by atoms with E-state index in [9.17, 15) is 47.0 Å². The molecule has 0 bridgehead atoms. The number of sulfonamides is 1. The smallest absolute Gasteiger partial charge is 0.339 e. The molecule has 3 aromatic rings. The minimum absolute atomic E-state index is 0.0382. The van der Waals surface area contributed by atoms with E-state index in [0.29, 0.717) is 12.5 Å². The fourth-order valence-electron chi connectivity index (χ4n) is 5.87. The third kappa shape index (κ3) is 8.06. The maximum Gasteiger partial charge on any atom is 0.339 e. The lowest BCUT2D eigenvalue weighted by atomic mass is 10.0. The normalized spacial score (nSPS) is 17.7. The van der Waals surface area contributed by atoms with E-state index < -0.39 is 77.7 Å². The van der Waals surface area contributed by atoms with E-state index in [-0.39, 0.29) is 63.7 Å². The number of hydrogen-bond donors (Lipinski definition) is 2. The Balaban J connectivity index is 1.92. The van der Waals surface area contributed by atoms with Crippen molar-refractivity contribution in [2.45, 2.75) is 43.5 Å². The summed E-state index contributed by atoms with van der Waals surface area (Å²) in [7, 11) is -5.33. The lowest BCUT2D eigenvalue weighted by molar-refractivity contribution is -0.396. The van der Waals surface area contributed by atoms with Crippen LogP contribution < -0.4 is 13.7 Å². The second-order valence-corrected chi connectivity index (χ2v) is 14.9. The number of nitro benzene ring substituents is 2. The molecule has 2 aromatic carbocycles. The highest BCUT2D eigenvalue weighted by Gasteiger charge is 2.39. The average molecular weight is 757 g/mol. The first-order valence-corrected chi connectivity index (χ1v) is 18.4. The van der Waals surface area contributed by atoms with Gasteiger partial charge in [0.25, 0.3) is 11.4 Å². The van der Waals surface area contributed by atoms with Crippen LogP contribution in [0.4, 0.5) is 11.4 Å². The van der Waals surface area contributed by atoms with E-state index in [1.165, 1.54) is 20.3 Å². The summed E-state index contributed by atoms with van der Waals surface area (Å²) in [4.78, 5) is 36.2. The number of ether oxygens (including phenoxy) is 4. The Labute approximate surface area is 292 Å². The molecule has 0 amide bonds. The molecule has 2 unspecified atom stereocenters. The van der Waals surface area contributed by atoms with Gasteiger partial charge in [0.2, 0.25) is 15.8 Å². The first-order chi connectivity index (χ1) is 23.9. The molecule has 1 fully saturated rings. The number of nitrogens with one attached hydrogen (secondary N) is 1. The predicted molar refractivity (Wildman–Crippen MR) is 179 cm³/mol. The van der Waals surface area contributed by atoms with Crippen LogP contribution in [0, 0.1) is 26.1 Å². The Morgan fingerprint density at radius 1 is 1.10 bits per heavy atom. The summed E-state index contributed by atoms with van der Waals surface area (Å²) in [5.74, 6) is -1.66. The van der Waals surface area contributed by atoms with Gasteiger partial charge in [0.05, 0.1) is 66.4 Å². The van der Waals surface area contributed by atoms with Crippen LogP contribution in [0.25, 0.3) is 16.5 Å². The Morgan fingerprint density at radius 2 is 1.76 bits per heavy atom. The van der Waals surface area contributed by atoms with Crippen molar-refractivity contribution in [2.24, 2.45) is 5.92 Å². The third-order valence-electron chi connectivity index (χ3n) is 8.27. The number of rotatable bonds is 16. The zero-order chi connectivity index (χ0) is 38.0. The molecule has 2 N–H and O–H groups in total. The van der Waals surface area contributed by atoms with Crippen LogP contribution in [0.15, 0.2) is 35.7 Å². The largest absolute Gasteiger partial charge is 0.491 e. The first kappa shape index (κ1) is 39.0. The molecule has 0 saturated carbocycles. The number of aromatic amines is 1. The summed E-state index contributed by atoms with van der Waals surface area (Å²) < 4.78 is 80.3. The number of aliphatic hydroxyl groups is 1. The van der Waals surface area contributed by atoms with Gasteiger partial charge < -0.3 is 33.2 Å². The zero-order valence-electron chi connectivity index (χ0n) is 28.1. The number of esters is 1. The van der Waals surface area contributed by atoms with Crippen molar-refractivity contribution in [3.05, 3.63) is 62.3 Å². The minimum Gasteiger partial charge on any atom is -0.491 e. The second-order valence-electron chi connectivity index (χ2n) is 11.4. The van der Waals surface area contributed by atoms with Gasteiger partial charge >= 0.3 is 16.1 Å². The summed E-state index contributed by atoms with van der Waals surface area (Å²) in [6, 6.07) is 3.40. The van der Waals surface area contributed by atoms with Crippen molar-refractivity contribution in [1.82, 2.24) is 9.29 Å². The Morgan fingerprint density at radius 3 is 2.29 bits per heavy atom. The van der Waals surface area contributed by atoms with E-state index in [4.69, 9.17) is 23.1 Å². The van der Waals surface area contributed by atoms with Crippen molar-refractivity contribution in [2.75, 3.05) is 40.7 Å². The molecule has 3 atom stereocenters. The van der Waals surface area contributed by atoms with Gasteiger partial charge in [-0.3, -0.25) is 20.2 Å². The molecular formula is C30H36N4O15S2. The van der Waals surface area contributed by atoms with Gasteiger partial charge in [-0.05, 0) is 37.0 Å². The van der Waals surface area contributed by atoms with Crippen LogP contribution >= 0.6 is 0 Å². The first-order valence-electron chi connectivity index (χ1n) is 15.1. The van der Waals surface area contributed by atoms with Crippen LogP contribution in [0.5, 0.6) is 17.2 Å². The highest BCUT2D eigenvalue weighted by atomic mass is 32.2. The standard InChI is InChI=1S/C30H36N4O15S2/c1-7-17-12-19(48-30(17)36)15-32(51(43,44)24-9-8-18(33(37)38)13-22(24)34(39)40)11-10-20-21-14-23(49-50(6,41)42)27(45-3)28(46-4)26(21)31-25(20)16(2)29(35)47-5/h8-9,13-14,17,19,30-31,36H,2,7,10-12,15H2,1,3-6H3/t17?,19-,30?/m0/s1. The average Bonchev–Trinajstić information content (AvgIpc) is 3.62. The highest BCUT2D eigenvalue weighted by Crippen LogP contribution is 2.46. The molecule has 51 heavy (non-hydrogen) atoms. The number of H-pyrrole nitrogens is 1. The van der Waals surface area contributed by atoms with Crippen molar-refractivity contribution in [3.8, 4) is 17.2 Å². The van der Waals surface area contributed by atoms with Gasteiger partial charge in [-0.2, -0.15) is 12.7 Å². The Kier molecular flexibility index (Phi) is 11.6. The molecular weight excluding hydrogens is 720 g/mol. The topological polar surface area (TPSA) is 257 Å². The van der Waals surface area contributed by atoms with Crippen LogP contribution in [-0.4, -0.2) is 100 Å². The Bertz CT molecular complexity index is 2100. The van der Waals surface area contributed by atoms with Gasteiger partial charge in [0.15, 0.2) is 22.7 Å². The van der Waals surface area contributed by atoms with Gasteiger partial charge in [0, 0.05) is 30.5 Å². The lowest BCUT2D eigenvalue weighted by Crippen LogP contribution is -2.39. The SMILES string of the molecule is C=C(C(=O)OC)c1[nH]c2c(OC)c(OC)c(OS(C)(=O)=O)cc2c1CCN(C[C@@H]1CC(CC)C(O)O1)S(=O)(=O)c1ccc([N+](=O)[O-])cc1[N+](=O)[O-]. The minimum atomic E-state index is -4.83. The molecule has 19 nitrogen and oxygen atoms in total. The molecule has 0 spiro atoms. The summed E-state index contributed by atoms with van der Waals surface area (Å²) >= 11 is 0. The number of fused-ring (bicyclic) bond motifs is 1. The molecule has 2 heterocycles. The summed E-state index contributed by atoms with van der Waals surface area (Å²) in [5, 5.41) is 33.9. The molecule has 0 aliphatic carbocycles. The maximum atomic E-state index is 14.3. The van der Waals surface area contributed by atoms with Gasteiger partial charge in [0.1, 0.15) is 0 Å². The molecule has 0 radical (unpaired) electrons. The molecule has 4 rings (SSSR count). The van der Waals surface area contributed by atoms with E-state index in [0.717, 1.165) is 29.8 Å². The molecule has 21 heteroatoms. The van der Waals surface area contributed by atoms with Crippen molar-refractivity contribution >= 4 is 54.0 Å². The van der Waals surface area contributed by atoms with Crippen molar-refractivity contribution < 1.29 is 59.7 Å². The number of carbonyl (C=O) groups excluding carboxylic acids is 1. The monoisotopic (exact) mass is 756 g/mol. The molecule has 1 aromatic heterocycles. The number of nitrogens with zero attached hydrogens (tertiary/aromatic N) is 3. The number of aliphatic hydroxyl groups excluding tert-OH is 1. The summed E-state index contributed by atoms with van der Waals surface area (Å²) in [5.41, 5.74) is -1.52. The van der Waals surface area contributed by atoms with Crippen LogP contribution in [0.3, 0.4) is 0 Å². The van der Waals surface area contributed by atoms with E-state index in [1.54, 1.807) is 0 Å². The number of nitro groups is 2. The molecule has 278 valence electrons. The van der Waals surface area contributed by atoms with E-state index >= 15 is 0 Å². The van der Waals surface area contributed by atoms with E-state index in [1.807, 2.05) is 6.92 Å². The highest BCUT2D eigenvalue weighted by molar-refractivity contribution is 7.89. The molecule has 1 aliphatic rings. The van der Waals surface area contributed by atoms with Crippen molar-refractivity contribution in [3.63, 3.8) is 0 Å². The number of benzene rings is 2. The fraction of sp³-hybridized carbons (Fsp3) is 0.433. The lowest BCUT2D eigenvalue weighted by Gasteiger charge is -2.25. The molecule has 1 aliphatic heterocycles. The Hall–Kier alpha value is -4.83. The summed E-state index contributed by atoms with van der Waals surface area (Å²) in [6.07, 6.45) is -0.758. The van der Waals surface area contributed by atoms with Crippen molar-refractivity contribution in [1.29, 1.82) is 0 Å². The molecule has 1 saturated heterocycles. The number of hydrogen-bond acceptors (Lipinski definition) is 15. The predicted octanol–water partition coefficient (Wildman–Crippen LogP) is 2.89. The van der Waals surface area contributed by atoms with Gasteiger partial charge in [-0.25, -0.2) is 13.2 Å². The van der Waals surface area contributed by atoms with Gasteiger partial charge in [-0.1, -0.05) is 13.5 Å². The summed E-state index contributed by atoms with van der Waals surface area (Å²) in [6.45, 7) is 4.76. The fourth-order valence-corrected chi connectivity index (χ4v) is 7.93. The number of aromatic nitrogens is 1. The van der Waals surface area contributed by atoms with E-state index in [2.05, 4.69) is 11.6 Å². The number of non-ortho nitro benzene ring substituents is 1. The quantitative estimate of drug-likeness (QED) is 0.0700. The van der Waals surface area contributed by atoms with Crippen LogP contribution in [-0.2, 0) is 40.8 Å². The van der Waals surface area contributed by atoms with Crippen LogP contribution in [0.1, 0.15) is 31.0 Å². The number of carbonyl (C=O) groups is 1. The third-order valence-corrected chi connectivity index (χ3v) is 10.7.